The molecule has 0 aliphatic heterocycles. The van der Waals surface area contributed by atoms with Crippen molar-refractivity contribution in [3.05, 3.63) is 425 Å². The number of benzene rings is 11. The van der Waals surface area contributed by atoms with Crippen molar-refractivity contribution in [3.8, 4) is 46.3 Å². The molecule has 0 atom stereocenters. The zero-order valence-electron chi connectivity index (χ0n) is 74.8. The molecule has 0 radical (unpaired) electrons. The van der Waals surface area contributed by atoms with Gasteiger partial charge in [-0.25, -0.2) is 63.0 Å². The summed E-state index contributed by atoms with van der Waals surface area (Å²) in [6.45, 7) is 33.8. The van der Waals surface area contributed by atoms with Gasteiger partial charge in [-0.15, -0.1) is 40.9 Å². The number of amides is 4. The number of carbonyl (C=O) groups is 4. The molecule has 4 amide bonds. The summed E-state index contributed by atoms with van der Waals surface area (Å²) in [4.78, 5) is 87.1. The third kappa shape index (κ3) is 21.0. The van der Waals surface area contributed by atoms with E-state index in [1.54, 1.807) is 255 Å². The van der Waals surface area contributed by atoms with Gasteiger partial charge in [-0.05, 0) is 169 Å². The fourth-order valence-corrected chi connectivity index (χ4v) is 14.5. The van der Waals surface area contributed by atoms with E-state index < -0.39 is 23.6 Å². The molecule has 38 heteroatoms. The Morgan fingerprint density at radius 1 is 0.294 bits per heavy atom. The molecule has 0 aliphatic rings. The Morgan fingerprint density at radius 2 is 0.531 bits per heavy atom. The Balaban J connectivity index is 0.000000131. The number of fused-ring (bicyclic) bond motifs is 4. The lowest BCUT2D eigenvalue weighted by Gasteiger charge is -2.11. The number of aromatic nitrogens is 13. The van der Waals surface area contributed by atoms with Crippen LogP contribution in [0.4, 0.5) is 91.7 Å². The number of hydrogen-bond donors (Lipinski definition) is 8. The van der Waals surface area contributed by atoms with Gasteiger partial charge in [-0.3, -0.25) is 19.2 Å². The van der Waals surface area contributed by atoms with E-state index in [1.165, 1.54) is 43.5 Å². The summed E-state index contributed by atoms with van der Waals surface area (Å²) in [7, 11) is 0. The van der Waals surface area contributed by atoms with Crippen LogP contribution in [0.2, 0.25) is 5.02 Å². The van der Waals surface area contributed by atoms with E-state index in [1.807, 2.05) is 74.5 Å². The summed E-state index contributed by atoms with van der Waals surface area (Å²) >= 11 is 5.92. The number of nitrogens with zero attached hydrogens (tertiary/aromatic N) is 25. The van der Waals surface area contributed by atoms with Crippen molar-refractivity contribution < 1.29 is 39.6 Å². The molecule has 0 saturated heterocycles. The molecule has 9 heterocycles. The second-order valence-electron chi connectivity index (χ2n) is 30.7. The molecule has 8 N–H and O–H groups in total. The quantitative estimate of drug-likeness (QED) is 0.0259. The van der Waals surface area contributed by atoms with Crippen molar-refractivity contribution in [1.82, 2.24) is 64.0 Å². The first-order valence-corrected chi connectivity index (χ1v) is 43.4. The number of hydrogen-bond acceptors (Lipinski definition) is 25. The van der Waals surface area contributed by atoms with Gasteiger partial charge in [0.15, 0.2) is 69.5 Å². The predicted octanol–water partition coefficient (Wildman–Crippen LogP) is 26.0. The zero-order valence-corrected chi connectivity index (χ0v) is 75.6. The number of pyridine rings is 5. The minimum atomic E-state index is -0.552. The van der Waals surface area contributed by atoms with Crippen molar-refractivity contribution in [2.24, 2.45) is 40.9 Å². The SMILES string of the molecule is [C-]#[N+]c1cnn(-c2ccccn2)c1N=Nc1c(O)c(C(=O)Nc2ccc(C)cc2)cc2ccccc12.[C-]#[N+]c1cnn(-c2ccccn2)c1N=Nc1c(O)c(C(=O)Nc2ccc(C)cc2)cc2ccccc12.[C-]#[N+]c1cnn(-c2ccccn2)c1N=Nc1c(O)c(C(=O)Nc2ccc(Cl)cc2)cc2ccccc12.[C-]#[N+]c1cnn(-c2ccccn2)c1N=Nc1c(O)c(C(=O)Nc2ccccn2)cc2ccccc12. The van der Waals surface area contributed by atoms with Crippen molar-refractivity contribution in [2.75, 3.05) is 21.3 Å². The van der Waals surface area contributed by atoms with Gasteiger partial charge in [-0.1, -0.05) is 174 Å². The van der Waals surface area contributed by atoms with Gasteiger partial charge in [0.25, 0.3) is 46.4 Å². The smallest absolute Gasteiger partial charge is 0.260 e. The molecular weight excluding hydrogens is 1830 g/mol. The van der Waals surface area contributed by atoms with Gasteiger partial charge < -0.3 is 41.7 Å². The van der Waals surface area contributed by atoms with E-state index in [9.17, 15) is 39.6 Å². The van der Waals surface area contributed by atoms with E-state index in [0.717, 1.165) is 11.1 Å². The summed E-state index contributed by atoms with van der Waals surface area (Å²) in [5.41, 5.74) is 4.98. The molecule has 143 heavy (non-hydrogen) atoms. The summed E-state index contributed by atoms with van der Waals surface area (Å²) in [5, 5.41) is 112. The summed E-state index contributed by atoms with van der Waals surface area (Å²) < 4.78 is 5.55. The lowest BCUT2D eigenvalue weighted by atomic mass is 10.0. The highest BCUT2D eigenvalue weighted by Gasteiger charge is 2.27. The maximum absolute atomic E-state index is 13.1. The fourth-order valence-electron chi connectivity index (χ4n) is 14.4. The van der Waals surface area contributed by atoms with Crippen molar-refractivity contribution >= 4 is 170 Å². The molecular formula is C105H70ClN29O8. The first kappa shape index (κ1) is 93.6. The number of aryl methyl sites for hydroxylation is 2. The highest BCUT2D eigenvalue weighted by molar-refractivity contribution is 6.30. The average molecular weight is 1900 g/mol. The van der Waals surface area contributed by atoms with Crippen molar-refractivity contribution in [2.45, 2.75) is 13.8 Å². The molecule has 37 nitrogen and oxygen atoms in total. The number of carbonyl (C=O) groups excluding carboxylic acids is 4. The number of rotatable bonds is 20. The van der Waals surface area contributed by atoms with Gasteiger partial charge in [0, 0.05) is 74.6 Å². The first-order chi connectivity index (χ1) is 69.8. The Bertz CT molecular complexity index is 7960. The van der Waals surface area contributed by atoms with E-state index in [4.69, 9.17) is 37.9 Å². The molecule has 0 fully saturated rings. The lowest BCUT2D eigenvalue weighted by Crippen LogP contribution is -2.13. The largest absolute Gasteiger partial charge is 0.505 e. The zero-order chi connectivity index (χ0) is 99.4. The normalized spacial score (nSPS) is 11.0. The first-order valence-electron chi connectivity index (χ1n) is 43.0. The molecule has 690 valence electrons. The highest BCUT2D eigenvalue weighted by Crippen LogP contribution is 2.47. The van der Waals surface area contributed by atoms with Crippen LogP contribution < -0.4 is 21.3 Å². The third-order valence-corrected chi connectivity index (χ3v) is 21.7. The third-order valence-electron chi connectivity index (χ3n) is 21.4. The number of halogens is 1. The fraction of sp³-hybridized carbons (Fsp3) is 0.0190. The van der Waals surface area contributed by atoms with Crippen LogP contribution in [-0.2, 0) is 0 Å². The van der Waals surface area contributed by atoms with Crippen LogP contribution in [0.3, 0.4) is 0 Å². The Labute approximate surface area is 816 Å². The molecule has 20 rings (SSSR count). The van der Waals surface area contributed by atoms with Gasteiger partial charge in [0.05, 0.1) is 73.3 Å². The second-order valence-corrected chi connectivity index (χ2v) is 31.1. The van der Waals surface area contributed by atoms with Crippen LogP contribution in [0, 0.1) is 40.1 Å². The number of azo groups is 4. The Morgan fingerprint density at radius 3 is 0.776 bits per heavy atom. The maximum atomic E-state index is 13.1. The van der Waals surface area contributed by atoms with Crippen LogP contribution in [0.15, 0.2) is 382 Å². The second kappa shape index (κ2) is 43.0. The molecule has 0 aliphatic carbocycles. The van der Waals surface area contributed by atoms with Crippen LogP contribution in [0.1, 0.15) is 52.6 Å². The van der Waals surface area contributed by atoms with E-state index >= 15 is 0 Å². The van der Waals surface area contributed by atoms with Crippen molar-refractivity contribution in [3.63, 3.8) is 0 Å². The Kier molecular flexibility index (Phi) is 28.1. The predicted molar refractivity (Wildman–Crippen MR) is 539 cm³/mol. The maximum Gasteiger partial charge on any atom is 0.260 e. The van der Waals surface area contributed by atoms with Crippen LogP contribution in [-0.4, -0.2) is 108 Å². The summed E-state index contributed by atoms with van der Waals surface area (Å²) in [6.07, 6.45) is 13.4. The topological polar surface area (TPSA) is 449 Å². The summed E-state index contributed by atoms with van der Waals surface area (Å²) in [6, 6.07) is 82.6. The average Bonchev–Trinajstić information content (AvgIpc) is 1.24. The van der Waals surface area contributed by atoms with Gasteiger partial charge in [0.1, 0.15) is 28.6 Å². The number of nitrogens with one attached hydrogen (secondary N) is 4. The number of phenolic OH excluding ortho intramolecular Hbond substituents is 4. The minimum absolute atomic E-state index is 0.00643. The molecule has 0 bridgehead atoms. The molecule has 11 aromatic carbocycles. The number of phenols is 4. The van der Waals surface area contributed by atoms with Gasteiger partial charge >= 0.3 is 0 Å². The number of anilines is 4. The minimum Gasteiger partial charge on any atom is -0.505 e. The Hall–Kier alpha value is -21.2. The van der Waals surface area contributed by atoms with E-state index in [-0.39, 0.29) is 114 Å². The van der Waals surface area contributed by atoms with Crippen LogP contribution in [0.5, 0.6) is 23.0 Å². The van der Waals surface area contributed by atoms with E-state index in [2.05, 4.69) is 127 Å². The lowest BCUT2D eigenvalue weighted by molar-refractivity contribution is 0.101. The molecule has 9 aromatic heterocycles. The molecule has 20 aromatic rings. The molecule has 0 unspecified atom stereocenters. The molecule has 0 spiro atoms. The monoisotopic (exact) mass is 1900 g/mol. The summed E-state index contributed by atoms with van der Waals surface area (Å²) in [5.74, 6) is -0.647. The highest BCUT2D eigenvalue weighted by atomic mass is 35.5. The van der Waals surface area contributed by atoms with Gasteiger partial charge in [0.2, 0.25) is 0 Å². The number of aromatic hydroxyl groups is 4. The van der Waals surface area contributed by atoms with Crippen LogP contribution in [0.25, 0.3) is 85.7 Å². The molecule has 0 saturated carbocycles. The van der Waals surface area contributed by atoms with E-state index in [0.29, 0.717) is 94.3 Å². The standard InChI is InChI=1S/2C27H19N7O2.C26H16ClN7O2.C25H16N8O2/c2*1-17-10-12-19(13-11-17)31-27(36)21-15-18-7-3-4-8-20(18)24(25(21)35)32-33-26-22(28-2)16-30-34(26)23-9-5-6-14-29-23;1-28-21-15-30-34(22-8-4-5-13-29-22)25(21)33-32-23-19-7-3-2-6-16(19)14-20(24(23)35)26(36)31-18-11-9-17(27)10-12-18;1-26-19-15-29-33(21-11-5-7-13-28-21)24(19)32-31-22-17-9-3-2-8-16(17)14-18(23(22)34)25(35)30-20-10-4-6-12-27-20/h2*3-16,35H,1H3,(H,31,36);2-15,35H,(H,31,36);2-15,34H,(H,27,30,35). The van der Waals surface area contributed by atoms with Crippen LogP contribution >= 0.6 is 11.6 Å². The van der Waals surface area contributed by atoms with Crippen molar-refractivity contribution in [1.29, 1.82) is 0 Å². The van der Waals surface area contributed by atoms with Gasteiger partial charge in [-0.2, -0.15) is 20.4 Å².